The predicted octanol–water partition coefficient (Wildman–Crippen LogP) is 0.935. The fraction of sp³-hybridized carbons (Fsp3) is 0.600. The number of carboxylic acids is 1. The number of hydrogen-bond donors (Lipinski definition) is 2. The molecule has 5 heteroatoms. The number of carboxylic acid groups (broad SMARTS) is 1. The monoisotopic (exact) mass is 211 g/mol. The molecular formula is C10H17N3O2. The third kappa shape index (κ3) is 3.71. The molecule has 0 bridgehead atoms. The molecule has 84 valence electrons. The molecular weight excluding hydrogens is 194 g/mol. The third-order valence-electron chi connectivity index (χ3n) is 2.26. The van der Waals surface area contributed by atoms with Crippen LogP contribution in [0.3, 0.4) is 0 Å². The van der Waals surface area contributed by atoms with Gasteiger partial charge in [-0.2, -0.15) is 0 Å². The van der Waals surface area contributed by atoms with Crippen molar-refractivity contribution in [3.63, 3.8) is 0 Å². The molecule has 0 aliphatic carbocycles. The molecule has 1 rings (SSSR count). The van der Waals surface area contributed by atoms with Crippen molar-refractivity contribution in [2.24, 2.45) is 7.05 Å². The molecule has 0 aliphatic rings. The molecule has 1 atom stereocenters. The van der Waals surface area contributed by atoms with Crippen molar-refractivity contribution >= 4 is 5.97 Å². The van der Waals surface area contributed by atoms with Crippen LogP contribution in [0.1, 0.15) is 31.6 Å². The van der Waals surface area contributed by atoms with Gasteiger partial charge in [0, 0.05) is 25.9 Å². The number of rotatable bonds is 6. The second kappa shape index (κ2) is 5.50. The SMILES string of the molecule is CC(NCCCC(=O)O)c1nccn1C. The van der Waals surface area contributed by atoms with Crippen molar-refractivity contribution in [2.45, 2.75) is 25.8 Å². The Kier molecular flexibility index (Phi) is 4.30. The molecule has 1 unspecified atom stereocenters. The largest absolute Gasteiger partial charge is 0.481 e. The lowest BCUT2D eigenvalue weighted by Gasteiger charge is -2.12. The Bertz CT molecular complexity index is 322. The number of carbonyl (C=O) groups is 1. The van der Waals surface area contributed by atoms with Gasteiger partial charge in [-0.1, -0.05) is 0 Å². The number of aliphatic carboxylic acids is 1. The molecule has 1 heterocycles. The summed E-state index contributed by atoms with van der Waals surface area (Å²) in [7, 11) is 1.94. The molecule has 1 aromatic heterocycles. The van der Waals surface area contributed by atoms with Crippen molar-refractivity contribution in [1.82, 2.24) is 14.9 Å². The number of imidazole rings is 1. The van der Waals surface area contributed by atoms with Crippen LogP contribution in [0.5, 0.6) is 0 Å². The van der Waals surface area contributed by atoms with E-state index in [0.717, 1.165) is 5.82 Å². The van der Waals surface area contributed by atoms with E-state index in [1.807, 2.05) is 24.7 Å². The van der Waals surface area contributed by atoms with Crippen LogP contribution in [0.4, 0.5) is 0 Å². The summed E-state index contributed by atoms with van der Waals surface area (Å²) in [5.41, 5.74) is 0. The highest BCUT2D eigenvalue weighted by atomic mass is 16.4. The summed E-state index contributed by atoms with van der Waals surface area (Å²) in [6.45, 7) is 2.71. The van der Waals surface area contributed by atoms with E-state index in [4.69, 9.17) is 5.11 Å². The maximum absolute atomic E-state index is 10.3. The number of hydrogen-bond acceptors (Lipinski definition) is 3. The second-order valence-electron chi connectivity index (χ2n) is 3.57. The predicted molar refractivity (Wildman–Crippen MR) is 56.5 cm³/mol. The maximum Gasteiger partial charge on any atom is 0.303 e. The Labute approximate surface area is 89.1 Å². The molecule has 0 radical (unpaired) electrons. The summed E-state index contributed by atoms with van der Waals surface area (Å²) >= 11 is 0. The lowest BCUT2D eigenvalue weighted by atomic mass is 10.2. The van der Waals surface area contributed by atoms with Crippen LogP contribution in [-0.4, -0.2) is 27.2 Å². The highest BCUT2D eigenvalue weighted by molar-refractivity contribution is 5.66. The summed E-state index contributed by atoms with van der Waals surface area (Å²) < 4.78 is 1.95. The highest BCUT2D eigenvalue weighted by Gasteiger charge is 2.08. The van der Waals surface area contributed by atoms with Crippen molar-refractivity contribution in [3.05, 3.63) is 18.2 Å². The van der Waals surface area contributed by atoms with Crippen LogP contribution in [0, 0.1) is 0 Å². The summed E-state index contributed by atoms with van der Waals surface area (Å²) in [5, 5.41) is 11.7. The van der Waals surface area contributed by atoms with E-state index in [9.17, 15) is 4.79 Å². The quantitative estimate of drug-likeness (QED) is 0.687. The Morgan fingerprint density at radius 2 is 2.47 bits per heavy atom. The number of aryl methyl sites for hydroxylation is 1. The first-order valence-corrected chi connectivity index (χ1v) is 5.03. The lowest BCUT2D eigenvalue weighted by molar-refractivity contribution is -0.137. The van der Waals surface area contributed by atoms with E-state index in [2.05, 4.69) is 10.3 Å². The fourth-order valence-corrected chi connectivity index (χ4v) is 1.44. The van der Waals surface area contributed by atoms with Crippen molar-refractivity contribution < 1.29 is 9.90 Å². The first-order chi connectivity index (χ1) is 7.11. The van der Waals surface area contributed by atoms with Gasteiger partial charge in [0.15, 0.2) is 0 Å². The van der Waals surface area contributed by atoms with Gasteiger partial charge in [-0.15, -0.1) is 0 Å². The van der Waals surface area contributed by atoms with E-state index >= 15 is 0 Å². The Hall–Kier alpha value is -1.36. The van der Waals surface area contributed by atoms with Gasteiger partial charge in [0.1, 0.15) is 5.82 Å². The Morgan fingerprint density at radius 3 is 3.00 bits per heavy atom. The van der Waals surface area contributed by atoms with Crippen LogP contribution in [0.2, 0.25) is 0 Å². The zero-order valence-electron chi connectivity index (χ0n) is 9.10. The van der Waals surface area contributed by atoms with Gasteiger partial charge in [0.05, 0.1) is 6.04 Å². The van der Waals surface area contributed by atoms with Gasteiger partial charge < -0.3 is 15.0 Å². The van der Waals surface area contributed by atoms with Crippen LogP contribution < -0.4 is 5.32 Å². The number of aromatic nitrogens is 2. The molecule has 1 aromatic rings. The van der Waals surface area contributed by atoms with Gasteiger partial charge in [0.2, 0.25) is 0 Å². The second-order valence-corrected chi connectivity index (χ2v) is 3.57. The summed E-state index contributed by atoms with van der Waals surface area (Å²) in [4.78, 5) is 14.5. The van der Waals surface area contributed by atoms with E-state index in [1.54, 1.807) is 6.20 Å². The summed E-state index contributed by atoms with van der Waals surface area (Å²) in [6.07, 6.45) is 4.50. The van der Waals surface area contributed by atoms with E-state index in [-0.39, 0.29) is 12.5 Å². The topological polar surface area (TPSA) is 67.2 Å². The molecule has 0 aliphatic heterocycles. The van der Waals surface area contributed by atoms with Crippen molar-refractivity contribution in [2.75, 3.05) is 6.54 Å². The fourth-order valence-electron chi connectivity index (χ4n) is 1.44. The van der Waals surface area contributed by atoms with Gasteiger partial charge in [-0.3, -0.25) is 4.79 Å². The van der Waals surface area contributed by atoms with Crippen molar-refractivity contribution in [3.8, 4) is 0 Å². The normalized spacial score (nSPS) is 12.7. The molecule has 0 saturated heterocycles. The Balaban J connectivity index is 2.28. The molecule has 15 heavy (non-hydrogen) atoms. The minimum absolute atomic E-state index is 0.152. The molecule has 0 spiro atoms. The van der Waals surface area contributed by atoms with Gasteiger partial charge >= 0.3 is 5.97 Å². The van der Waals surface area contributed by atoms with Crippen LogP contribution in [0.15, 0.2) is 12.4 Å². The molecule has 5 nitrogen and oxygen atoms in total. The van der Waals surface area contributed by atoms with Gasteiger partial charge in [-0.05, 0) is 19.9 Å². The third-order valence-corrected chi connectivity index (χ3v) is 2.26. The van der Waals surface area contributed by atoms with Gasteiger partial charge in [-0.25, -0.2) is 4.98 Å². The maximum atomic E-state index is 10.3. The van der Waals surface area contributed by atoms with Crippen LogP contribution in [0.25, 0.3) is 0 Å². The zero-order valence-corrected chi connectivity index (χ0v) is 9.10. The van der Waals surface area contributed by atoms with Crippen molar-refractivity contribution in [1.29, 1.82) is 0 Å². The molecule has 0 saturated carbocycles. The minimum Gasteiger partial charge on any atom is -0.481 e. The molecule has 2 N–H and O–H groups in total. The average molecular weight is 211 g/mol. The number of nitrogens with one attached hydrogen (secondary N) is 1. The van der Waals surface area contributed by atoms with Gasteiger partial charge in [0.25, 0.3) is 0 Å². The first kappa shape index (κ1) is 11.7. The summed E-state index contributed by atoms with van der Waals surface area (Å²) in [6, 6.07) is 0.152. The highest BCUT2D eigenvalue weighted by Crippen LogP contribution is 2.07. The molecule has 0 fully saturated rings. The first-order valence-electron chi connectivity index (χ1n) is 5.03. The average Bonchev–Trinajstić information content (AvgIpc) is 2.58. The van der Waals surface area contributed by atoms with E-state index < -0.39 is 5.97 Å². The zero-order chi connectivity index (χ0) is 11.3. The Morgan fingerprint density at radius 1 is 1.73 bits per heavy atom. The lowest BCUT2D eigenvalue weighted by Crippen LogP contribution is -2.22. The number of nitrogens with zero attached hydrogens (tertiary/aromatic N) is 2. The molecule has 0 amide bonds. The molecule has 0 aromatic carbocycles. The van der Waals surface area contributed by atoms with Crippen LogP contribution in [-0.2, 0) is 11.8 Å². The van der Waals surface area contributed by atoms with E-state index in [0.29, 0.717) is 13.0 Å². The smallest absolute Gasteiger partial charge is 0.303 e. The summed E-state index contributed by atoms with van der Waals surface area (Å²) in [5.74, 6) is 0.215. The van der Waals surface area contributed by atoms with E-state index in [1.165, 1.54) is 0 Å². The van der Waals surface area contributed by atoms with Crippen LogP contribution >= 0.6 is 0 Å². The standard InChI is InChI=1S/C10H17N3O2/c1-8(10-12-6-7-13(10)2)11-5-3-4-9(14)15/h6-8,11H,3-5H2,1-2H3,(H,14,15). The minimum atomic E-state index is -0.749.